The molecular weight excluding hydrogens is 220 g/mol. The van der Waals surface area contributed by atoms with Gasteiger partial charge >= 0.3 is 0 Å². The number of hydrogen-bond acceptors (Lipinski definition) is 1. The molecule has 2 rings (SSSR count). The molecule has 1 saturated carbocycles. The normalized spacial score (nSPS) is 23.9. The van der Waals surface area contributed by atoms with Crippen LogP contribution in [0.4, 0.5) is 0 Å². The van der Waals surface area contributed by atoms with E-state index in [0.717, 1.165) is 31.6 Å². The Morgan fingerprint density at radius 2 is 2.17 bits per heavy atom. The SMILES string of the molecule is Cc1cccc(CCC(=O)C2CCCC(C)C2)c1. The Morgan fingerprint density at radius 1 is 1.33 bits per heavy atom. The summed E-state index contributed by atoms with van der Waals surface area (Å²) in [6.07, 6.45) is 6.42. The molecule has 2 unspecified atom stereocenters. The van der Waals surface area contributed by atoms with Crippen molar-refractivity contribution in [1.29, 1.82) is 0 Å². The zero-order valence-electron chi connectivity index (χ0n) is 11.6. The summed E-state index contributed by atoms with van der Waals surface area (Å²) in [5.41, 5.74) is 2.58. The minimum atomic E-state index is 0.346. The fourth-order valence-electron chi connectivity index (χ4n) is 3.07. The molecule has 0 bridgehead atoms. The fourth-order valence-corrected chi connectivity index (χ4v) is 3.07. The maximum Gasteiger partial charge on any atom is 0.136 e. The second kappa shape index (κ2) is 6.17. The molecule has 18 heavy (non-hydrogen) atoms. The lowest BCUT2D eigenvalue weighted by Crippen LogP contribution is -2.22. The summed E-state index contributed by atoms with van der Waals surface area (Å²) in [4.78, 5) is 12.2. The predicted octanol–water partition coefficient (Wildman–Crippen LogP) is 4.32. The standard InChI is InChI=1S/C17H24O/c1-13-5-3-7-15(11-13)9-10-17(18)16-8-4-6-14(2)12-16/h3,5,7,11,14,16H,4,6,8-10,12H2,1-2H3. The third-order valence-electron chi connectivity index (χ3n) is 4.13. The van der Waals surface area contributed by atoms with Crippen LogP contribution in [0.5, 0.6) is 0 Å². The van der Waals surface area contributed by atoms with Crippen LogP contribution in [0.3, 0.4) is 0 Å². The van der Waals surface area contributed by atoms with E-state index in [1.807, 2.05) is 0 Å². The summed E-state index contributed by atoms with van der Waals surface area (Å²) in [5.74, 6) is 1.58. The van der Waals surface area contributed by atoms with E-state index in [4.69, 9.17) is 0 Å². The van der Waals surface area contributed by atoms with E-state index in [1.54, 1.807) is 0 Å². The number of rotatable bonds is 4. The number of ketones is 1. The third kappa shape index (κ3) is 3.69. The molecule has 0 spiro atoms. The summed E-state index contributed by atoms with van der Waals surface area (Å²) in [6, 6.07) is 8.51. The lowest BCUT2D eigenvalue weighted by molar-refractivity contribution is -0.124. The van der Waals surface area contributed by atoms with Crippen molar-refractivity contribution in [2.24, 2.45) is 11.8 Å². The van der Waals surface area contributed by atoms with Gasteiger partial charge in [0.05, 0.1) is 0 Å². The van der Waals surface area contributed by atoms with E-state index in [0.29, 0.717) is 11.7 Å². The molecule has 0 saturated heterocycles. The molecule has 0 N–H and O–H groups in total. The minimum absolute atomic E-state index is 0.346. The van der Waals surface area contributed by atoms with E-state index in [1.165, 1.54) is 24.0 Å². The van der Waals surface area contributed by atoms with Gasteiger partial charge in [0.2, 0.25) is 0 Å². The number of carbonyl (C=O) groups is 1. The average Bonchev–Trinajstić information content (AvgIpc) is 2.36. The number of hydrogen-bond donors (Lipinski definition) is 0. The molecule has 0 aromatic heterocycles. The Kier molecular flexibility index (Phi) is 4.57. The number of aryl methyl sites for hydroxylation is 2. The van der Waals surface area contributed by atoms with Crippen LogP contribution in [-0.4, -0.2) is 5.78 Å². The van der Waals surface area contributed by atoms with Crippen molar-refractivity contribution in [2.45, 2.75) is 52.4 Å². The summed E-state index contributed by atoms with van der Waals surface area (Å²) in [5, 5.41) is 0. The maximum absolute atomic E-state index is 12.2. The Morgan fingerprint density at radius 3 is 2.89 bits per heavy atom. The van der Waals surface area contributed by atoms with Crippen molar-refractivity contribution in [3.8, 4) is 0 Å². The average molecular weight is 244 g/mol. The Balaban J connectivity index is 1.84. The molecule has 0 radical (unpaired) electrons. The predicted molar refractivity (Wildman–Crippen MR) is 75.6 cm³/mol. The van der Waals surface area contributed by atoms with Crippen molar-refractivity contribution in [3.05, 3.63) is 35.4 Å². The second-order valence-corrected chi connectivity index (χ2v) is 5.92. The first-order chi connectivity index (χ1) is 8.65. The molecule has 0 amide bonds. The van der Waals surface area contributed by atoms with Crippen molar-refractivity contribution in [1.82, 2.24) is 0 Å². The largest absolute Gasteiger partial charge is 0.299 e. The highest BCUT2D eigenvalue weighted by Crippen LogP contribution is 2.30. The zero-order chi connectivity index (χ0) is 13.0. The first-order valence-electron chi connectivity index (χ1n) is 7.23. The number of benzene rings is 1. The highest BCUT2D eigenvalue weighted by atomic mass is 16.1. The van der Waals surface area contributed by atoms with Gasteiger partial charge in [0, 0.05) is 12.3 Å². The first-order valence-corrected chi connectivity index (χ1v) is 7.23. The van der Waals surface area contributed by atoms with Crippen LogP contribution in [-0.2, 0) is 11.2 Å². The molecule has 1 heteroatoms. The van der Waals surface area contributed by atoms with E-state index in [2.05, 4.69) is 38.1 Å². The highest BCUT2D eigenvalue weighted by molar-refractivity contribution is 5.81. The van der Waals surface area contributed by atoms with Crippen molar-refractivity contribution in [3.63, 3.8) is 0 Å². The summed E-state index contributed by atoms with van der Waals surface area (Å²) in [7, 11) is 0. The molecule has 2 atom stereocenters. The quantitative estimate of drug-likeness (QED) is 0.770. The molecule has 1 aromatic rings. The molecule has 98 valence electrons. The third-order valence-corrected chi connectivity index (χ3v) is 4.13. The van der Waals surface area contributed by atoms with Crippen LogP contribution < -0.4 is 0 Å². The van der Waals surface area contributed by atoms with Crippen LogP contribution in [0.1, 0.15) is 50.2 Å². The second-order valence-electron chi connectivity index (χ2n) is 5.92. The summed E-state index contributed by atoms with van der Waals surface area (Å²) >= 11 is 0. The fraction of sp³-hybridized carbons (Fsp3) is 0.588. The van der Waals surface area contributed by atoms with Gasteiger partial charge in [-0.3, -0.25) is 4.79 Å². The van der Waals surface area contributed by atoms with E-state index < -0.39 is 0 Å². The van der Waals surface area contributed by atoms with E-state index in [9.17, 15) is 4.79 Å². The molecule has 0 heterocycles. The van der Waals surface area contributed by atoms with Gasteiger partial charge in [-0.25, -0.2) is 0 Å². The van der Waals surface area contributed by atoms with Gasteiger partial charge in [-0.15, -0.1) is 0 Å². The number of Topliss-reactive ketones (excluding diaryl/α,β-unsaturated/α-hetero) is 1. The topological polar surface area (TPSA) is 17.1 Å². The summed E-state index contributed by atoms with van der Waals surface area (Å²) < 4.78 is 0. The Bertz CT molecular complexity index is 408. The van der Waals surface area contributed by atoms with Gasteiger partial charge in [0.25, 0.3) is 0 Å². The van der Waals surface area contributed by atoms with Crippen LogP contribution in [0, 0.1) is 18.8 Å². The van der Waals surface area contributed by atoms with Crippen molar-refractivity contribution in [2.75, 3.05) is 0 Å². The van der Waals surface area contributed by atoms with Gasteiger partial charge < -0.3 is 0 Å². The van der Waals surface area contributed by atoms with Gasteiger partial charge in [-0.05, 0) is 37.7 Å². The summed E-state index contributed by atoms with van der Waals surface area (Å²) in [6.45, 7) is 4.38. The molecule has 1 aliphatic carbocycles. The minimum Gasteiger partial charge on any atom is -0.299 e. The monoisotopic (exact) mass is 244 g/mol. The first kappa shape index (κ1) is 13.3. The van der Waals surface area contributed by atoms with Crippen LogP contribution in [0.25, 0.3) is 0 Å². The molecule has 1 aliphatic rings. The van der Waals surface area contributed by atoms with Gasteiger partial charge in [0.1, 0.15) is 5.78 Å². The zero-order valence-corrected chi connectivity index (χ0v) is 11.6. The van der Waals surface area contributed by atoms with Crippen LogP contribution >= 0.6 is 0 Å². The van der Waals surface area contributed by atoms with Crippen molar-refractivity contribution >= 4 is 5.78 Å². The maximum atomic E-state index is 12.2. The Labute approximate surface area is 111 Å². The number of carbonyl (C=O) groups excluding carboxylic acids is 1. The van der Waals surface area contributed by atoms with Crippen LogP contribution in [0.2, 0.25) is 0 Å². The molecule has 1 nitrogen and oxygen atoms in total. The van der Waals surface area contributed by atoms with Gasteiger partial charge in [-0.1, -0.05) is 49.6 Å². The molecule has 0 aliphatic heterocycles. The smallest absolute Gasteiger partial charge is 0.136 e. The highest BCUT2D eigenvalue weighted by Gasteiger charge is 2.24. The van der Waals surface area contributed by atoms with Crippen LogP contribution in [0.15, 0.2) is 24.3 Å². The lowest BCUT2D eigenvalue weighted by Gasteiger charge is -2.25. The molecule has 1 fully saturated rings. The molecule has 1 aromatic carbocycles. The van der Waals surface area contributed by atoms with E-state index >= 15 is 0 Å². The van der Waals surface area contributed by atoms with Gasteiger partial charge in [0.15, 0.2) is 0 Å². The van der Waals surface area contributed by atoms with E-state index in [-0.39, 0.29) is 0 Å². The lowest BCUT2D eigenvalue weighted by atomic mass is 9.79. The molecular formula is C17H24O. The van der Waals surface area contributed by atoms with Gasteiger partial charge in [-0.2, -0.15) is 0 Å². The Hall–Kier alpha value is -1.11. The van der Waals surface area contributed by atoms with Crippen molar-refractivity contribution < 1.29 is 4.79 Å².